The molecule has 0 radical (unpaired) electrons. The Morgan fingerprint density at radius 2 is 1.56 bits per heavy atom. The Bertz CT molecular complexity index is 1490. The number of benzene rings is 3. The van der Waals surface area contributed by atoms with Crippen LogP contribution in [-0.4, -0.2) is 50.9 Å². The van der Waals surface area contributed by atoms with Gasteiger partial charge in [-0.05, 0) is 55.7 Å². The minimum Gasteiger partial charge on any atom is -0.495 e. The fourth-order valence-corrected chi connectivity index (χ4v) is 7.35. The normalized spacial score (nSPS) is 14.5. The molecule has 4 rings (SSSR count). The van der Waals surface area contributed by atoms with E-state index in [-0.39, 0.29) is 34.8 Å². The maximum Gasteiger partial charge on any atom is 0.264 e. The second kappa shape index (κ2) is 14.9. The quantitative estimate of drug-likeness (QED) is 0.244. The van der Waals surface area contributed by atoms with E-state index in [0.29, 0.717) is 22.0 Å². The van der Waals surface area contributed by atoms with Gasteiger partial charge in [0.25, 0.3) is 10.0 Å². The lowest BCUT2D eigenvalue weighted by Gasteiger charge is -2.35. The molecule has 0 spiro atoms. The van der Waals surface area contributed by atoms with Gasteiger partial charge in [-0.3, -0.25) is 13.9 Å². The van der Waals surface area contributed by atoms with Crippen LogP contribution in [0.3, 0.4) is 0 Å². The summed E-state index contributed by atoms with van der Waals surface area (Å²) in [4.78, 5) is 29.4. The van der Waals surface area contributed by atoms with E-state index in [1.807, 2.05) is 6.92 Å². The second-order valence-electron chi connectivity index (χ2n) is 10.5. The van der Waals surface area contributed by atoms with Crippen molar-refractivity contribution in [2.75, 3.05) is 18.0 Å². The van der Waals surface area contributed by atoms with Crippen LogP contribution in [0, 0.1) is 0 Å². The summed E-state index contributed by atoms with van der Waals surface area (Å²) in [5, 5.41) is 3.81. The van der Waals surface area contributed by atoms with Gasteiger partial charge in [-0.25, -0.2) is 8.42 Å². The first-order chi connectivity index (χ1) is 20.7. The summed E-state index contributed by atoms with van der Waals surface area (Å²) in [5.74, 6) is -0.606. The molecule has 11 heteroatoms. The minimum atomic E-state index is -4.23. The Balaban J connectivity index is 1.76. The number of amides is 2. The molecule has 3 aromatic carbocycles. The lowest BCUT2D eigenvalue weighted by molar-refractivity contribution is -0.140. The van der Waals surface area contributed by atoms with Crippen LogP contribution in [0.4, 0.5) is 5.69 Å². The van der Waals surface area contributed by atoms with Gasteiger partial charge in [0.1, 0.15) is 18.3 Å². The number of ether oxygens (including phenoxy) is 1. The Morgan fingerprint density at radius 1 is 0.930 bits per heavy atom. The number of anilines is 1. The molecule has 1 fully saturated rings. The zero-order valence-electron chi connectivity index (χ0n) is 24.3. The van der Waals surface area contributed by atoms with Crippen molar-refractivity contribution in [1.82, 2.24) is 10.2 Å². The number of rotatable bonds is 12. The molecular weight excluding hydrogens is 609 g/mol. The Morgan fingerprint density at radius 3 is 2.19 bits per heavy atom. The van der Waals surface area contributed by atoms with E-state index in [9.17, 15) is 18.0 Å². The van der Waals surface area contributed by atoms with Gasteiger partial charge in [0.2, 0.25) is 11.8 Å². The number of nitrogens with one attached hydrogen (secondary N) is 1. The van der Waals surface area contributed by atoms with E-state index in [2.05, 4.69) is 5.32 Å². The van der Waals surface area contributed by atoms with Crippen molar-refractivity contribution in [3.63, 3.8) is 0 Å². The number of carbonyl (C=O) groups is 2. The maximum atomic E-state index is 14.3. The molecule has 3 aromatic rings. The standard InChI is InChI=1S/C32H37Cl2N3O5S/c1-3-28(32(39)35-23-13-6-4-7-14-23)36(21-25-26(33)17-12-18-27(25)34)31(38)22-37(29-19-10-11-20-30(29)42-2)43(40,41)24-15-8-5-9-16-24/h5,8-12,15-20,23,28H,3-4,6-7,13-14,21-22H2,1-2H3,(H,35,39)/t28-/m0/s1. The van der Waals surface area contributed by atoms with Gasteiger partial charge in [-0.1, -0.05) is 85.8 Å². The topological polar surface area (TPSA) is 96.0 Å². The molecule has 0 bridgehead atoms. The van der Waals surface area contributed by atoms with Crippen LogP contribution < -0.4 is 14.4 Å². The van der Waals surface area contributed by atoms with E-state index in [0.717, 1.165) is 36.4 Å². The molecule has 2 amide bonds. The second-order valence-corrected chi connectivity index (χ2v) is 13.2. The average Bonchev–Trinajstić information content (AvgIpc) is 3.02. The largest absolute Gasteiger partial charge is 0.495 e. The van der Waals surface area contributed by atoms with Crippen LogP contribution in [-0.2, 0) is 26.2 Å². The van der Waals surface area contributed by atoms with E-state index in [4.69, 9.17) is 27.9 Å². The highest BCUT2D eigenvalue weighted by molar-refractivity contribution is 7.92. The molecule has 1 N–H and O–H groups in total. The molecule has 1 atom stereocenters. The first kappa shape index (κ1) is 32.6. The fraction of sp³-hybridized carbons (Fsp3) is 0.375. The zero-order chi connectivity index (χ0) is 31.0. The SMILES string of the molecule is CC[C@@H](C(=O)NC1CCCCC1)N(Cc1c(Cl)cccc1Cl)C(=O)CN(c1ccccc1OC)S(=O)(=O)c1ccccc1. The smallest absolute Gasteiger partial charge is 0.264 e. The van der Waals surface area contributed by atoms with Crippen molar-refractivity contribution in [3.05, 3.63) is 88.4 Å². The number of nitrogens with zero attached hydrogens (tertiary/aromatic N) is 2. The van der Waals surface area contributed by atoms with Crippen LogP contribution in [0.15, 0.2) is 77.7 Å². The molecule has 0 heterocycles. The molecule has 230 valence electrons. The van der Waals surface area contributed by atoms with Gasteiger partial charge in [-0.2, -0.15) is 0 Å². The van der Waals surface area contributed by atoms with Crippen molar-refractivity contribution >= 4 is 50.7 Å². The predicted octanol–water partition coefficient (Wildman–Crippen LogP) is 6.45. The summed E-state index contributed by atoms with van der Waals surface area (Å²) in [6.45, 7) is 1.14. The van der Waals surface area contributed by atoms with E-state index < -0.39 is 28.5 Å². The molecule has 1 aliphatic rings. The Labute approximate surface area is 264 Å². The highest BCUT2D eigenvalue weighted by Crippen LogP contribution is 2.33. The molecule has 43 heavy (non-hydrogen) atoms. The monoisotopic (exact) mass is 645 g/mol. The van der Waals surface area contributed by atoms with E-state index >= 15 is 0 Å². The first-order valence-electron chi connectivity index (χ1n) is 14.4. The number of hydrogen-bond acceptors (Lipinski definition) is 5. The molecule has 0 saturated heterocycles. The van der Waals surface area contributed by atoms with Crippen molar-refractivity contribution in [1.29, 1.82) is 0 Å². The van der Waals surface area contributed by atoms with Gasteiger partial charge in [-0.15, -0.1) is 0 Å². The van der Waals surface area contributed by atoms with Crippen LogP contribution >= 0.6 is 23.2 Å². The molecular formula is C32H37Cl2N3O5S. The van der Waals surface area contributed by atoms with E-state index in [1.54, 1.807) is 60.7 Å². The Hall–Kier alpha value is -3.27. The minimum absolute atomic E-state index is 0.0106. The number of para-hydroxylation sites is 2. The summed E-state index contributed by atoms with van der Waals surface area (Å²) in [7, 11) is -2.79. The van der Waals surface area contributed by atoms with Gasteiger partial charge in [0.15, 0.2) is 0 Å². The molecule has 1 saturated carbocycles. The number of halogens is 2. The maximum absolute atomic E-state index is 14.3. The lowest BCUT2D eigenvalue weighted by Crippen LogP contribution is -2.54. The van der Waals surface area contributed by atoms with Crippen molar-refractivity contribution < 1.29 is 22.7 Å². The van der Waals surface area contributed by atoms with Crippen LogP contribution in [0.25, 0.3) is 0 Å². The molecule has 0 aromatic heterocycles. The predicted molar refractivity (Wildman–Crippen MR) is 170 cm³/mol. The molecule has 0 unspecified atom stereocenters. The highest BCUT2D eigenvalue weighted by Gasteiger charge is 2.35. The molecule has 0 aliphatic heterocycles. The third-order valence-electron chi connectivity index (χ3n) is 7.69. The number of methoxy groups -OCH3 is 1. The average molecular weight is 647 g/mol. The van der Waals surface area contributed by atoms with Gasteiger partial charge >= 0.3 is 0 Å². The zero-order valence-corrected chi connectivity index (χ0v) is 26.7. The van der Waals surface area contributed by atoms with E-state index in [1.165, 1.54) is 24.1 Å². The highest BCUT2D eigenvalue weighted by atomic mass is 35.5. The van der Waals surface area contributed by atoms with Crippen LogP contribution in [0.1, 0.15) is 51.0 Å². The third-order valence-corrected chi connectivity index (χ3v) is 10.2. The fourth-order valence-electron chi connectivity index (χ4n) is 5.39. The van der Waals surface area contributed by atoms with Gasteiger partial charge < -0.3 is 15.0 Å². The van der Waals surface area contributed by atoms with Gasteiger partial charge in [0.05, 0.1) is 17.7 Å². The summed E-state index contributed by atoms with van der Waals surface area (Å²) < 4.78 is 34.6. The van der Waals surface area contributed by atoms with Crippen LogP contribution in [0.2, 0.25) is 10.0 Å². The number of hydrogen-bond donors (Lipinski definition) is 1. The third kappa shape index (κ3) is 7.82. The summed E-state index contributed by atoms with van der Waals surface area (Å²) in [5.41, 5.74) is 0.662. The summed E-state index contributed by atoms with van der Waals surface area (Å²) in [6, 6.07) is 18.6. The van der Waals surface area contributed by atoms with Crippen LogP contribution in [0.5, 0.6) is 5.75 Å². The van der Waals surface area contributed by atoms with Crippen molar-refractivity contribution in [2.45, 2.75) is 69.0 Å². The molecule has 8 nitrogen and oxygen atoms in total. The lowest BCUT2D eigenvalue weighted by atomic mass is 9.95. The van der Waals surface area contributed by atoms with Gasteiger partial charge in [0, 0.05) is 28.2 Å². The number of sulfonamides is 1. The first-order valence-corrected chi connectivity index (χ1v) is 16.6. The van der Waals surface area contributed by atoms with Crippen molar-refractivity contribution in [3.8, 4) is 5.75 Å². The number of carbonyl (C=O) groups excluding carboxylic acids is 2. The van der Waals surface area contributed by atoms with Crippen molar-refractivity contribution in [2.24, 2.45) is 0 Å². The Kier molecular flexibility index (Phi) is 11.3. The summed E-state index contributed by atoms with van der Waals surface area (Å²) >= 11 is 13.0. The molecule has 1 aliphatic carbocycles. The summed E-state index contributed by atoms with van der Waals surface area (Å²) in [6.07, 6.45) is 5.25.